The van der Waals surface area contributed by atoms with Gasteiger partial charge in [-0.15, -0.1) is 0 Å². The Hall–Kier alpha value is -1.09. The van der Waals surface area contributed by atoms with Crippen molar-refractivity contribution in [2.45, 2.75) is 18.8 Å². The molecule has 1 aliphatic heterocycles. The maximum Gasteiger partial charge on any atom is 0.146 e. The minimum atomic E-state index is -0.342. The Balaban J connectivity index is 2.18. The van der Waals surface area contributed by atoms with Crippen molar-refractivity contribution >= 4 is 5.69 Å². The lowest BCUT2D eigenvalue weighted by Gasteiger charge is -2.22. The van der Waals surface area contributed by atoms with Crippen LogP contribution in [0.2, 0.25) is 0 Å². The Morgan fingerprint density at radius 2 is 2.29 bits per heavy atom. The number of nitrogens with two attached hydrogens (primary N) is 1. The van der Waals surface area contributed by atoms with Gasteiger partial charge >= 0.3 is 0 Å². The molecule has 1 aliphatic rings. The first-order valence-corrected chi connectivity index (χ1v) is 4.90. The van der Waals surface area contributed by atoms with Crippen LogP contribution in [0.3, 0.4) is 0 Å². The number of ether oxygens (including phenoxy) is 1. The van der Waals surface area contributed by atoms with E-state index in [1.807, 2.05) is 0 Å². The van der Waals surface area contributed by atoms with Crippen molar-refractivity contribution in [2.75, 3.05) is 18.9 Å². The van der Waals surface area contributed by atoms with Gasteiger partial charge in [-0.3, -0.25) is 0 Å². The summed E-state index contributed by atoms with van der Waals surface area (Å²) < 4.78 is 18.3. The fourth-order valence-corrected chi connectivity index (χ4v) is 1.82. The van der Waals surface area contributed by atoms with Gasteiger partial charge in [0.1, 0.15) is 5.82 Å². The Morgan fingerprint density at radius 3 is 2.93 bits per heavy atom. The van der Waals surface area contributed by atoms with Gasteiger partial charge in [-0.25, -0.2) is 4.39 Å². The van der Waals surface area contributed by atoms with Crippen molar-refractivity contribution in [3.8, 4) is 0 Å². The summed E-state index contributed by atoms with van der Waals surface area (Å²) in [5, 5.41) is 0. The lowest BCUT2D eigenvalue weighted by atomic mass is 9.93. The normalized spacial score (nSPS) is 22.2. The zero-order valence-electron chi connectivity index (χ0n) is 8.00. The highest BCUT2D eigenvalue weighted by atomic mass is 19.1. The molecule has 2 rings (SSSR count). The average Bonchev–Trinajstić information content (AvgIpc) is 2.23. The Labute approximate surface area is 82.9 Å². The second kappa shape index (κ2) is 3.96. The zero-order chi connectivity index (χ0) is 9.97. The van der Waals surface area contributed by atoms with Crippen LogP contribution in [0.4, 0.5) is 10.1 Å². The molecular weight excluding hydrogens is 181 g/mol. The second-order valence-electron chi connectivity index (χ2n) is 3.70. The number of benzene rings is 1. The summed E-state index contributed by atoms with van der Waals surface area (Å²) >= 11 is 0. The highest BCUT2D eigenvalue weighted by molar-refractivity contribution is 5.43. The van der Waals surface area contributed by atoms with Crippen LogP contribution in [0.1, 0.15) is 24.3 Å². The Morgan fingerprint density at radius 1 is 1.43 bits per heavy atom. The van der Waals surface area contributed by atoms with E-state index in [1.165, 1.54) is 6.07 Å². The molecule has 1 unspecified atom stereocenters. The minimum Gasteiger partial charge on any atom is -0.396 e. The van der Waals surface area contributed by atoms with Gasteiger partial charge in [0.2, 0.25) is 0 Å². The van der Waals surface area contributed by atoms with Crippen molar-refractivity contribution < 1.29 is 9.13 Å². The van der Waals surface area contributed by atoms with Crippen LogP contribution in [0, 0.1) is 5.82 Å². The molecule has 0 bridgehead atoms. The fourth-order valence-electron chi connectivity index (χ4n) is 1.82. The fraction of sp³-hybridized carbons (Fsp3) is 0.455. The first kappa shape index (κ1) is 9.46. The molecule has 0 amide bonds. The molecule has 0 radical (unpaired) electrons. The molecule has 14 heavy (non-hydrogen) atoms. The van der Waals surface area contributed by atoms with E-state index in [-0.39, 0.29) is 11.5 Å². The molecular formula is C11H14FNO. The van der Waals surface area contributed by atoms with Gasteiger partial charge in [0.25, 0.3) is 0 Å². The highest BCUT2D eigenvalue weighted by Crippen LogP contribution is 2.27. The monoisotopic (exact) mass is 195 g/mol. The third-order valence-electron chi connectivity index (χ3n) is 2.65. The maximum atomic E-state index is 12.9. The molecule has 0 saturated carbocycles. The number of halogens is 1. The SMILES string of the molecule is Nc1cc(C2CCCOC2)ccc1F. The lowest BCUT2D eigenvalue weighted by Crippen LogP contribution is -2.15. The average molecular weight is 195 g/mol. The van der Waals surface area contributed by atoms with Gasteiger partial charge in [-0.1, -0.05) is 6.07 Å². The Bertz CT molecular complexity index is 321. The third-order valence-corrected chi connectivity index (χ3v) is 2.65. The van der Waals surface area contributed by atoms with Crippen LogP contribution >= 0.6 is 0 Å². The molecule has 1 fully saturated rings. The summed E-state index contributed by atoms with van der Waals surface area (Å²) in [7, 11) is 0. The molecule has 1 heterocycles. The van der Waals surface area contributed by atoms with Gasteiger partial charge in [0.05, 0.1) is 12.3 Å². The largest absolute Gasteiger partial charge is 0.396 e. The quantitative estimate of drug-likeness (QED) is 0.698. The van der Waals surface area contributed by atoms with E-state index in [2.05, 4.69) is 0 Å². The highest BCUT2D eigenvalue weighted by Gasteiger charge is 2.16. The second-order valence-corrected chi connectivity index (χ2v) is 3.70. The number of anilines is 1. The Kier molecular flexibility index (Phi) is 2.68. The van der Waals surface area contributed by atoms with Crippen molar-refractivity contribution in [1.29, 1.82) is 0 Å². The molecule has 0 aromatic heterocycles. The van der Waals surface area contributed by atoms with Crippen LogP contribution in [0.25, 0.3) is 0 Å². The lowest BCUT2D eigenvalue weighted by molar-refractivity contribution is 0.0804. The molecule has 1 saturated heterocycles. The summed E-state index contributed by atoms with van der Waals surface area (Å²) in [6.07, 6.45) is 2.17. The smallest absolute Gasteiger partial charge is 0.146 e. The summed E-state index contributed by atoms with van der Waals surface area (Å²) in [5.74, 6) is 0.0390. The molecule has 2 nitrogen and oxygen atoms in total. The molecule has 2 N–H and O–H groups in total. The molecule has 3 heteroatoms. The van der Waals surface area contributed by atoms with Crippen molar-refractivity contribution in [2.24, 2.45) is 0 Å². The molecule has 1 aromatic rings. The third kappa shape index (κ3) is 1.87. The summed E-state index contributed by atoms with van der Waals surface area (Å²) in [5.41, 5.74) is 6.83. The molecule has 0 spiro atoms. The van der Waals surface area contributed by atoms with E-state index in [0.717, 1.165) is 31.6 Å². The van der Waals surface area contributed by atoms with E-state index in [4.69, 9.17) is 10.5 Å². The van der Waals surface area contributed by atoms with Crippen LogP contribution < -0.4 is 5.73 Å². The maximum absolute atomic E-state index is 12.9. The van der Waals surface area contributed by atoms with Crippen molar-refractivity contribution in [3.63, 3.8) is 0 Å². The number of nitrogen functional groups attached to an aromatic ring is 1. The van der Waals surface area contributed by atoms with Crippen molar-refractivity contribution in [1.82, 2.24) is 0 Å². The van der Waals surface area contributed by atoms with Gasteiger partial charge in [0, 0.05) is 12.5 Å². The summed E-state index contributed by atoms with van der Waals surface area (Å²) in [4.78, 5) is 0. The number of hydrogen-bond acceptors (Lipinski definition) is 2. The summed E-state index contributed by atoms with van der Waals surface area (Å²) in [6.45, 7) is 1.57. The van der Waals surface area contributed by atoms with Gasteiger partial charge < -0.3 is 10.5 Å². The minimum absolute atomic E-state index is 0.230. The van der Waals surface area contributed by atoms with Crippen LogP contribution in [0.5, 0.6) is 0 Å². The van der Waals surface area contributed by atoms with E-state index >= 15 is 0 Å². The van der Waals surface area contributed by atoms with E-state index in [0.29, 0.717) is 5.92 Å². The van der Waals surface area contributed by atoms with Crippen LogP contribution in [-0.2, 0) is 4.74 Å². The first-order valence-electron chi connectivity index (χ1n) is 4.90. The molecule has 0 aliphatic carbocycles. The number of hydrogen-bond donors (Lipinski definition) is 1. The van der Waals surface area contributed by atoms with Gasteiger partial charge in [-0.05, 0) is 30.5 Å². The first-order chi connectivity index (χ1) is 6.77. The van der Waals surface area contributed by atoms with Gasteiger partial charge in [0.15, 0.2) is 0 Å². The molecule has 1 aromatic carbocycles. The van der Waals surface area contributed by atoms with Crippen LogP contribution in [-0.4, -0.2) is 13.2 Å². The predicted molar refractivity (Wildman–Crippen MR) is 53.6 cm³/mol. The molecule has 1 atom stereocenters. The van der Waals surface area contributed by atoms with E-state index in [9.17, 15) is 4.39 Å². The summed E-state index contributed by atoms with van der Waals surface area (Å²) in [6, 6.07) is 4.94. The zero-order valence-corrected chi connectivity index (χ0v) is 8.00. The standard InChI is InChI=1S/C11H14FNO/c12-10-4-3-8(6-11(10)13)9-2-1-5-14-7-9/h3-4,6,9H,1-2,5,7,13H2. The predicted octanol–water partition coefficient (Wildman–Crippen LogP) is 2.30. The molecule has 76 valence electrons. The van der Waals surface area contributed by atoms with Crippen molar-refractivity contribution in [3.05, 3.63) is 29.6 Å². The topological polar surface area (TPSA) is 35.2 Å². The number of rotatable bonds is 1. The van der Waals surface area contributed by atoms with E-state index in [1.54, 1.807) is 12.1 Å². The van der Waals surface area contributed by atoms with Crippen LogP contribution in [0.15, 0.2) is 18.2 Å². The van der Waals surface area contributed by atoms with Gasteiger partial charge in [-0.2, -0.15) is 0 Å². The van der Waals surface area contributed by atoms with E-state index < -0.39 is 0 Å².